The second kappa shape index (κ2) is 7.13. The summed E-state index contributed by atoms with van der Waals surface area (Å²) >= 11 is 0. The maximum Gasteiger partial charge on any atom is 0.226 e. The van der Waals surface area contributed by atoms with Crippen LogP contribution in [0, 0.1) is 0 Å². The summed E-state index contributed by atoms with van der Waals surface area (Å²) in [6.07, 6.45) is 3.54. The highest BCUT2D eigenvalue weighted by molar-refractivity contribution is 7.91. The van der Waals surface area contributed by atoms with Crippen LogP contribution in [0.5, 0.6) is 0 Å². The molecular weight excluding hydrogens is 356 g/mol. The molecule has 0 saturated heterocycles. The van der Waals surface area contributed by atoms with E-state index in [1.54, 1.807) is 42.5 Å². The summed E-state index contributed by atoms with van der Waals surface area (Å²) in [7, 11) is -3.79. The summed E-state index contributed by atoms with van der Waals surface area (Å²) in [5.74, 6) is 0. The zero-order chi connectivity index (χ0) is 18.7. The number of hydrogen-bond acceptors (Lipinski definition) is 4. The van der Waals surface area contributed by atoms with E-state index in [-0.39, 0.29) is 9.92 Å². The summed E-state index contributed by atoms with van der Waals surface area (Å²) in [6, 6.07) is 25.2. The van der Waals surface area contributed by atoms with Crippen LogP contribution in [-0.4, -0.2) is 18.4 Å². The van der Waals surface area contributed by atoms with Crippen LogP contribution in [0.2, 0.25) is 0 Å². The van der Waals surface area contributed by atoms with E-state index in [0.29, 0.717) is 16.7 Å². The molecule has 0 aliphatic carbocycles. The molecule has 0 atom stereocenters. The molecule has 4 nitrogen and oxygen atoms in total. The van der Waals surface area contributed by atoms with Crippen molar-refractivity contribution in [3.05, 3.63) is 96.2 Å². The van der Waals surface area contributed by atoms with Gasteiger partial charge in [0.15, 0.2) is 5.03 Å². The molecule has 27 heavy (non-hydrogen) atoms. The number of sulfone groups is 1. The van der Waals surface area contributed by atoms with Gasteiger partial charge in [0.1, 0.15) is 5.69 Å². The highest BCUT2D eigenvalue weighted by atomic mass is 32.2. The SMILES string of the molecule is O=S(=O)(c1ccccc1)c1nc2ccccc2nc1/C=C\c1ccccc1. The van der Waals surface area contributed by atoms with E-state index in [4.69, 9.17) is 0 Å². The van der Waals surface area contributed by atoms with Crippen LogP contribution in [0.1, 0.15) is 11.3 Å². The molecule has 0 saturated carbocycles. The normalized spacial score (nSPS) is 11.9. The first-order chi connectivity index (χ1) is 13.1. The van der Waals surface area contributed by atoms with Crippen molar-refractivity contribution < 1.29 is 8.42 Å². The molecule has 1 heterocycles. The highest BCUT2D eigenvalue weighted by Gasteiger charge is 2.23. The van der Waals surface area contributed by atoms with Gasteiger partial charge in [-0.05, 0) is 35.9 Å². The number of aromatic nitrogens is 2. The van der Waals surface area contributed by atoms with Crippen LogP contribution in [0.15, 0.2) is 94.9 Å². The van der Waals surface area contributed by atoms with Crippen LogP contribution in [0.25, 0.3) is 23.2 Å². The van der Waals surface area contributed by atoms with Crippen LogP contribution < -0.4 is 0 Å². The molecule has 0 unspecified atom stereocenters. The fourth-order valence-electron chi connectivity index (χ4n) is 2.75. The van der Waals surface area contributed by atoms with Crippen LogP contribution in [-0.2, 0) is 9.84 Å². The molecule has 0 bridgehead atoms. The topological polar surface area (TPSA) is 59.9 Å². The average Bonchev–Trinajstić information content (AvgIpc) is 2.73. The van der Waals surface area contributed by atoms with Crippen molar-refractivity contribution in [2.24, 2.45) is 0 Å². The Balaban J connectivity index is 1.91. The Morgan fingerprint density at radius 2 is 1.19 bits per heavy atom. The molecule has 5 heteroatoms. The summed E-state index contributed by atoms with van der Waals surface area (Å²) in [4.78, 5) is 9.19. The molecule has 0 fully saturated rings. The van der Waals surface area contributed by atoms with E-state index in [1.807, 2.05) is 54.6 Å². The predicted octanol–water partition coefficient (Wildman–Crippen LogP) is 4.63. The number of nitrogens with zero attached hydrogens (tertiary/aromatic N) is 2. The molecule has 0 aliphatic heterocycles. The molecule has 0 N–H and O–H groups in total. The molecular formula is C22H16N2O2S. The molecule has 4 rings (SSSR count). The Morgan fingerprint density at radius 1 is 0.630 bits per heavy atom. The average molecular weight is 372 g/mol. The lowest BCUT2D eigenvalue weighted by Crippen LogP contribution is -2.08. The fourth-order valence-corrected chi connectivity index (χ4v) is 4.10. The Kier molecular flexibility index (Phi) is 4.52. The van der Waals surface area contributed by atoms with Gasteiger partial charge in [-0.3, -0.25) is 0 Å². The molecule has 0 spiro atoms. The second-order valence-corrected chi connectivity index (χ2v) is 7.83. The van der Waals surface area contributed by atoms with Gasteiger partial charge in [-0.1, -0.05) is 66.7 Å². The van der Waals surface area contributed by atoms with Crippen LogP contribution in [0.3, 0.4) is 0 Å². The highest BCUT2D eigenvalue weighted by Crippen LogP contribution is 2.25. The third kappa shape index (κ3) is 3.50. The monoisotopic (exact) mass is 372 g/mol. The van der Waals surface area contributed by atoms with Crippen LogP contribution in [0.4, 0.5) is 0 Å². The zero-order valence-electron chi connectivity index (χ0n) is 14.4. The zero-order valence-corrected chi connectivity index (χ0v) is 15.2. The second-order valence-electron chi connectivity index (χ2n) is 5.96. The molecule has 0 radical (unpaired) electrons. The van der Waals surface area contributed by atoms with Gasteiger partial charge in [-0.2, -0.15) is 0 Å². The number of benzene rings is 3. The van der Waals surface area contributed by atoms with E-state index >= 15 is 0 Å². The number of fused-ring (bicyclic) bond motifs is 1. The smallest absolute Gasteiger partial charge is 0.226 e. The van der Waals surface area contributed by atoms with Gasteiger partial charge in [0, 0.05) is 0 Å². The molecule has 132 valence electrons. The minimum atomic E-state index is -3.79. The Morgan fingerprint density at radius 3 is 1.85 bits per heavy atom. The third-order valence-corrected chi connectivity index (χ3v) is 5.81. The number of hydrogen-bond donors (Lipinski definition) is 0. The first kappa shape index (κ1) is 17.1. The number of rotatable bonds is 4. The van der Waals surface area contributed by atoms with Gasteiger partial charge in [-0.25, -0.2) is 18.4 Å². The fraction of sp³-hybridized carbons (Fsp3) is 0. The van der Waals surface area contributed by atoms with E-state index in [1.165, 1.54) is 0 Å². The van der Waals surface area contributed by atoms with Crippen molar-refractivity contribution >= 4 is 33.0 Å². The minimum absolute atomic E-state index is 0.0421. The minimum Gasteiger partial charge on any atom is -0.244 e. The van der Waals surface area contributed by atoms with Crippen molar-refractivity contribution in [3.8, 4) is 0 Å². The lowest BCUT2D eigenvalue weighted by atomic mass is 10.2. The van der Waals surface area contributed by atoms with E-state index < -0.39 is 9.84 Å². The lowest BCUT2D eigenvalue weighted by molar-refractivity contribution is 0.592. The van der Waals surface area contributed by atoms with Gasteiger partial charge in [0.25, 0.3) is 0 Å². The first-order valence-electron chi connectivity index (χ1n) is 8.45. The van der Waals surface area contributed by atoms with Gasteiger partial charge in [-0.15, -0.1) is 0 Å². The molecule has 0 amide bonds. The Hall–Kier alpha value is -3.31. The van der Waals surface area contributed by atoms with E-state index in [0.717, 1.165) is 5.56 Å². The van der Waals surface area contributed by atoms with Gasteiger partial charge in [0.05, 0.1) is 15.9 Å². The van der Waals surface area contributed by atoms with E-state index in [2.05, 4.69) is 9.97 Å². The Labute approximate surface area is 157 Å². The standard InChI is InChI=1S/C22H16N2O2S/c25-27(26,18-11-5-2-6-12-18)22-21(16-15-17-9-3-1-4-10-17)23-19-13-7-8-14-20(19)24-22/h1-16H/b16-15-. The first-order valence-corrected chi connectivity index (χ1v) is 9.93. The quantitative estimate of drug-likeness (QED) is 0.524. The molecule has 3 aromatic carbocycles. The van der Waals surface area contributed by atoms with Crippen molar-refractivity contribution in [1.29, 1.82) is 0 Å². The number of para-hydroxylation sites is 2. The van der Waals surface area contributed by atoms with Crippen molar-refractivity contribution in [1.82, 2.24) is 9.97 Å². The lowest BCUT2D eigenvalue weighted by Gasteiger charge is -2.08. The maximum absolute atomic E-state index is 13.2. The van der Waals surface area contributed by atoms with Gasteiger partial charge in [0.2, 0.25) is 9.84 Å². The summed E-state index contributed by atoms with van der Waals surface area (Å²) in [5, 5.41) is -0.0421. The summed E-state index contributed by atoms with van der Waals surface area (Å²) in [5.41, 5.74) is 2.47. The maximum atomic E-state index is 13.2. The van der Waals surface area contributed by atoms with Crippen molar-refractivity contribution in [3.63, 3.8) is 0 Å². The Bertz CT molecular complexity index is 1220. The van der Waals surface area contributed by atoms with Gasteiger partial charge < -0.3 is 0 Å². The van der Waals surface area contributed by atoms with Crippen LogP contribution >= 0.6 is 0 Å². The molecule has 0 aliphatic rings. The largest absolute Gasteiger partial charge is 0.244 e. The van der Waals surface area contributed by atoms with Gasteiger partial charge >= 0.3 is 0 Å². The summed E-state index contributed by atoms with van der Waals surface area (Å²) in [6.45, 7) is 0. The van der Waals surface area contributed by atoms with Crippen molar-refractivity contribution in [2.75, 3.05) is 0 Å². The predicted molar refractivity (Wildman–Crippen MR) is 107 cm³/mol. The third-order valence-electron chi connectivity index (χ3n) is 4.11. The van der Waals surface area contributed by atoms with Crippen molar-refractivity contribution in [2.45, 2.75) is 9.92 Å². The molecule has 4 aromatic rings. The van der Waals surface area contributed by atoms with E-state index in [9.17, 15) is 8.42 Å². The molecule has 1 aromatic heterocycles. The summed E-state index contributed by atoms with van der Waals surface area (Å²) < 4.78 is 26.3.